The fraction of sp³-hybridized carbons (Fsp3) is 0.538. The standard InChI is InChI=1S/C26H36O2/c1-7-20-9-8-10-26(6,15-20)23(21-13-16(2)11-18(4)24(21)27)22-14-17(3)12-19(5)25(22)28/h11-14,20,23,27-28H,7-10,15H2,1-6H3. The van der Waals surface area contributed by atoms with Crippen LogP contribution in [0.1, 0.15) is 85.3 Å². The first-order valence-electron chi connectivity index (χ1n) is 10.8. The molecule has 28 heavy (non-hydrogen) atoms. The Bertz CT molecular complexity index is 810. The van der Waals surface area contributed by atoms with E-state index in [0.717, 1.165) is 46.2 Å². The summed E-state index contributed by atoms with van der Waals surface area (Å²) >= 11 is 0. The third-order valence-corrected chi connectivity index (χ3v) is 6.96. The first kappa shape index (κ1) is 20.8. The van der Waals surface area contributed by atoms with Gasteiger partial charge in [0.05, 0.1) is 0 Å². The summed E-state index contributed by atoms with van der Waals surface area (Å²) < 4.78 is 0. The van der Waals surface area contributed by atoms with Crippen molar-refractivity contribution in [1.29, 1.82) is 0 Å². The topological polar surface area (TPSA) is 40.5 Å². The summed E-state index contributed by atoms with van der Waals surface area (Å²) in [6.07, 6.45) is 5.94. The maximum absolute atomic E-state index is 11.1. The van der Waals surface area contributed by atoms with Crippen molar-refractivity contribution in [3.63, 3.8) is 0 Å². The molecule has 1 aliphatic rings. The molecule has 3 rings (SSSR count). The number of hydrogen-bond donors (Lipinski definition) is 2. The number of aromatic hydroxyl groups is 2. The molecule has 0 aromatic heterocycles. The van der Waals surface area contributed by atoms with Gasteiger partial charge in [-0.15, -0.1) is 0 Å². The van der Waals surface area contributed by atoms with Crippen molar-refractivity contribution in [2.45, 2.75) is 79.6 Å². The second-order valence-electron chi connectivity index (χ2n) is 9.50. The molecule has 2 aromatic carbocycles. The van der Waals surface area contributed by atoms with Crippen molar-refractivity contribution in [3.05, 3.63) is 57.6 Å². The largest absolute Gasteiger partial charge is 0.507 e. The van der Waals surface area contributed by atoms with E-state index in [9.17, 15) is 10.2 Å². The van der Waals surface area contributed by atoms with Gasteiger partial charge >= 0.3 is 0 Å². The summed E-state index contributed by atoms with van der Waals surface area (Å²) in [6, 6.07) is 8.33. The Morgan fingerprint density at radius 3 is 1.89 bits per heavy atom. The third kappa shape index (κ3) is 3.79. The smallest absolute Gasteiger partial charge is 0.122 e. The zero-order valence-electron chi connectivity index (χ0n) is 18.4. The lowest BCUT2D eigenvalue weighted by Gasteiger charge is -2.45. The summed E-state index contributed by atoms with van der Waals surface area (Å²) in [5.74, 6) is 1.46. The number of rotatable bonds is 4. The van der Waals surface area contributed by atoms with E-state index in [0.29, 0.717) is 17.4 Å². The molecule has 1 aliphatic carbocycles. The minimum atomic E-state index is -0.0148. The molecule has 0 spiro atoms. The van der Waals surface area contributed by atoms with Gasteiger partial charge in [0, 0.05) is 17.0 Å². The van der Waals surface area contributed by atoms with Crippen molar-refractivity contribution in [1.82, 2.24) is 0 Å². The van der Waals surface area contributed by atoms with Crippen molar-refractivity contribution in [2.75, 3.05) is 0 Å². The highest BCUT2D eigenvalue weighted by atomic mass is 16.3. The highest BCUT2D eigenvalue weighted by Crippen LogP contribution is 2.56. The van der Waals surface area contributed by atoms with Crippen LogP contribution < -0.4 is 0 Å². The van der Waals surface area contributed by atoms with Gasteiger partial charge in [0.15, 0.2) is 0 Å². The van der Waals surface area contributed by atoms with Gasteiger partial charge in [-0.2, -0.15) is 0 Å². The van der Waals surface area contributed by atoms with Crippen LogP contribution in [0.2, 0.25) is 0 Å². The fourth-order valence-corrected chi connectivity index (χ4v) is 5.61. The molecule has 2 heteroatoms. The molecule has 2 N–H and O–H groups in total. The molecule has 2 atom stereocenters. The van der Waals surface area contributed by atoms with Crippen LogP contribution in [0.15, 0.2) is 24.3 Å². The van der Waals surface area contributed by atoms with Crippen molar-refractivity contribution < 1.29 is 10.2 Å². The van der Waals surface area contributed by atoms with E-state index >= 15 is 0 Å². The van der Waals surface area contributed by atoms with E-state index in [1.165, 1.54) is 19.3 Å². The van der Waals surface area contributed by atoms with Crippen LogP contribution in [0.4, 0.5) is 0 Å². The van der Waals surface area contributed by atoms with E-state index in [-0.39, 0.29) is 11.3 Å². The SMILES string of the molecule is CCC1CCCC(C)(C(c2cc(C)cc(C)c2O)c2cc(C)cc(C)c2O)C1. The van der Waals surface area contributed by atoms with Gasteiger partial charge in [-0.05, 0) is 63.0 Å². The highest BCUT2D eigenvalue weighted by Gasteiger charge is 2.42. The number of aryl methyl sites for hydroxylation is 4. The average Bonchev–Trinajstić information content (AvgIpc) is 2.63. The zero-order chi connectivity index (χ0) is 20.6. The number of benzene rings is 2. The Hall–Kier alpha value is -1.96. The van der Waals surface area contributed by atoms with Gasteiger partial charge in [-0.1, -0.05) is 68.5 Å². The van der Waals surface area contributed by atoms with E-state index < -0.39 is 0 Å². The molecule has 0 saturated heterocycles. The van der Waals surface area contributed by atoms with Crippen LogP contribution in [-0.4, -0.2) is 10.2 Å². The molecule has 1 saturated carbocycles. The Labute approximate surface area is 170 Å². The molecule has 152 valence electrons. The summed E-state index contributed by atoms with van der Waals surface area (Å²) in [7, 11) is 0. The van der Waals surface area contributed by atoms with Crippen molar-refractivity contribution in [2.24, 2.45) is 11.3 Å². The second kappa shape index (κ2) is 7.81. The number of phenolic OH excluding ortho intramolecular Hbond substituents is 2. The number of hydrogen-bond acceptors (Lipinski definition) is 2. The molecule has 0 aliphatic heterocycles. The van der Waals surface area contributed by atoms with Gasteiger partial charge in [0.2, 0.25) is 0 Å². The molecule has 0 heterocycles. The van der Waals surface area contributed by atoms with Gasteiger partial charge in [0.25, 0.3) is 0 Å². The van der Waals surface area contributed by atoms with Crippen LogP contribution in [-0.2, 0) is 0 Å². The Morgan fingerprint density at radius 1 is 0.929 bits per heavy atom. The Kier molecular flexibility index (Phi) is 5.79. The van der Waals surface area contributed by atoms with Gasteiger partial charge < -0.3 is 10.2 Å². The molecule has 0 amide bonds. The first-order chi connectivity index (χ1) is 13.2. The molecule has 2 nitrogen and oxygen atoms in total. The van der Waals surface area contributed by atoms with Crippen LogP contribution >= 0.6 is 0 Å². The Morgan fingerprint density at radius 2 is 1.43 bits per heavy atom. The molecule has 2 unspecified atom stereocenters. The molecular formula is C26H36O2. The average molecular weight is 381 g/mol. The maximum atomic E-state index is 11.1. The molecule has 0 bridgehead atoms. The first-order valence-corrected chi connectivity index (χ1v) is 10.8. The van der Waals surface area contributed by atoms with E-state index in [2.05, 4.69) is 39.8 Å². The maximum Gasteiger partial charge on any atom is 0.122 e. The normalized spacial score (nSPS) is 22.6. The summed E-state index contributed by atoms with van der Waals surface area (Å²) in [5, 5.41) is 22.1. The minimum Gasteiger partial charge on any atom is -0.507 e. The molecule has 1 fully saturated rings. The van der Waals surface area contributed by atoms with E-state index in [1.807, 2.05) is 26.0 Å². The predicted molar refractivity (Wildman–Crippen MR) is 117 cm³/mol. The predicted octanol–water partition coefficient (Wildman–Crippen LogP) is 7.07. The molecule has 0 radical (unpaired) electrons. The van der Waals surface area contributed by atoms with Gasteiger partial charge in [-0.25, -0.2) is 0 Å². The third-order valence-electron chi connectivity index (χ3n) is 6.96. The monoisotopic (exact) mass is 380 g/mol. The second-order valence-corrected chi connectivity index (χ2v) is 9.50. The minimum absolute atomic E-state index is 0.00829. The Balaban J connectivity index is 2.27. The van der Waals surface area contributed by atoms with Crippen molar-refractivity contribution >= 4 is 0 Å². The van der Waals surface area contributed by atoms with E-state index in [4.69, 9.17) is 0 Å². The molecule has 2 aromatic rings. The fourth-order valence-electron chi connectivity index (χ4n) is 5.61. The lowest BCUT2D eigenvalue weighted by molar-refractivity contribution is 0.132. The van der Waals surface area contributed by atoms with Gasteiger partial charge in [-0.3, -0.25) is 0 Å². The lowest BCUT2D eigenvalue weighted by atomic mass is 9.59. The summed E-state index contributed by atoms with van der Waals surface area (Å²) in [6.45, 7) is 12.8. The number of phenols is 2. The molecular weight excluding hydrogens is 344 g/mol. The lowest BCUT2D eigenvalue weighted by Crippen LogP contribution is -2.33. The highest BCUT2D eigenvalue weighted by molar-refractivity contribution is 5.54. The van der Waals surface area contributed by atoms with Crippen LogP contribution in [0.3, 0.4) is 0 Å². The summed E-state index contributed by atoms with van der Waals surface area (Å²) in [5.41, 5.74) is 6.09. The zero-order valence-corrected chi connectivity index (χ0v) is 18.4. The van der Waals surface area contributed by atoms with E-state index in [1.54, 1.807) is 0 Å². The summed E-state index contributed by atoms with van der Waals surface area (Å²) in [4.78, 5) is 0. The van der Waals surface area contributed by atoms with Crippen molar-refractivity contribution in [3.8, 4) is 11.5 Å². The van der Waals surface area contributed by atoms with Crippen LogP contribution in [0.5, 0.6) is 11.5 Å². The van der Waals surface area contributed by atoms with Crippen LogP contribution in [0.25, 0.3) is 0 Å². The van der Waals surface area contributed by atoms with Gasteiger partial charge in [0.1, 0.15) is 11.5 Å². The quantitative estimate of drug-likeness (QED) is 0.595. The van der Waals surface area contributed by atoms with Crippen LogP contribution in [0, 0.1) is 39.0 Å².